The molecule has 0 atom stereocenters. The highest BCUT2D eigenvalue weighted by Crippen LogP contribution is 2.30. The molecule has 0 aliphatic carbocycles. The van der Waals surface area contributed by atoms with Gasteiger partial charge in [-0.15, -0.1) is 0 Å². The standard InChI is InChI=1S/C16H13F2N3O3S/c17-15(18)20-12-6-2-1-5-11(12)19-16(20)25-10-9-24-14-8-4-3-7-13(14)21(22)23/h1-8,15H,9-10H2. The minimum Gasteiger partial charge on any atom is -0.486 e. The number of nitrogens with zero attached hydrogens (tertiary/aromatic N) is 3. The first-order valence-corrected chi connectivity index (χ1v) is 8.30. The molecule has 1 heterocycles. The summed E-state index contributed by atoms with van der Waals surface area (Å²) in [4.78, 5) is 14.6. The molecule has 0 saturated carbocycles. The number of fused-ring (bicyclic) bond motifs is 1. The average Bonchev–Trinajstić information content (AvgIpc) is 2.97. The summed E-state index contributed by atoms with van der Waals surface area (Å²) in [7, 11) is 0. The SMILES string of the molecule is O=[N+]([O-])c1ccccc1OCCSc1nc2ccccc2n1C(F)F. The van der Waals surface area contributed by atoms with Gasteiger partial charge < -0.3 is 4.74 Å². The van der Waals surface area contributed by atoms with E-state index >= 15 is 0 Å². The largest absolute Gasteiger partial charge is 0.486 e. The molecule has 0 aliphatic rings. The van der Waals surface area contributed by atoms with E-state index in [0.717, 1.165) is 16.3 Å². The van der Waals surface area contributed by atoms with Crippen LogP contribution in [0.1, 0.15) is 6.55 Å². The Morgan fingerprint density at radius 1 is 1.20 bits per heavy atom. The van der Waals surface area contributed by atoms with Crippen molar-refractivity contribution in [3.05, 3.63) is 58.6 Å². The number of rotatable bonds is 7. The molecule has 0 saturated heterocycles. The normalized spacial score (nSPS) is 11.2. The Morgan fingerprint density at radius 3 is 2.68 bits per heavy atom. The lowest BCUT2D eigenvalue weighted by Crippen LogP contribution is -2.05. The molecule has 0 amide bonds. The molecule has 0 radical (unpaired) electrons. The Morgan fingerprint density at radius 2 is 1.92 bits per heavy atom. The van der Waals surface area contributed by atoms with E-state index in [1.54, 1.807) is 36.4 Å². The van der Waals surface area contributed by atoms with E-state index in [1.165, 1.54) is 12.1 Å². The van der Waals surface area contributed by atoms with Crippen molar-refractivity contribution in [2.45, 2.75) is 11.7 Å². The van der Waals surface area contributed by atoms with Crippen LogP contribution in [-0.2, 0) is 0 Å². The van der Waals surface area contributed by atoms with Gasteiger partial charge in [-0.25, -0.2) is 4.98 Å². The van der Waals surface area contributed by atoms with Crippen molar-refractivity contribution in [3.8, 4) is 5.75 Å². The van der Waals surface area contributed by atoms with E-state index in [4.69, 9.17) is 4.74 Å². The highest BCUT2D eigenvalue weighted by Gasteiger charge is 2.18. The molecule has 25 heavy (non-hydrogen) atoms. The highest BCUT2D eigenvalue weighted by atomic mass is 32.2. The zero-order valence-electron chi connectivity index (χ0n) is 12.8. The van der Waals surface area contributed by atoms with Crippen molar-refractivity contribution >= 4 is 28.5 Å². The number of imidazole rings is 1. The van der Waals surface area contributed by atoms with Gasteiger partial charge in [0.05, 0.1) is 22.6 Å². The number of hydrogen-bond donors (Lipinski definition) is 0. The van der Waals surface area contributed by atoms with Crippen LogP contribution in [0.2, 0.25) is 0 Å². The van der Waals surface area contributed by atoms with Gasteiger partial charge >= 0.3 is 12.2 Å². The number of nitro groups is 1. The summed E-state index contributed by atoms with van der Waals surface area (Å²) in [6.45, 7) is -2.58. The topological polar surface area (TPSA) is 70.2 Å². The Balaban J connectivity index is 1.68. The predicted octanol–water partition coefficient (Wildman–Crippen LogP) is 4.51. The fourth-order valence-corrected chi connectivity index (χ4v) is 3.16. The zero-order valence-corrected chi connectivity index (χ0v) is 13.7. The van der Waals surface area contributed by atoms with Crippen LogP contribution < -0.4 is 4.74 Å². The zero-order chi connectivity index (χ0) is 17.8. The first-order chi connectivity index (χ1) is 12.1. The third-order valence-corrected chi connectivity index (χ3v) is 4.31. The second-order valence-corrected chi connectivity index (χ2v) is 6.01. The van der Waals surface area contributed by atoms with Crippen molar-refractivity contribution in [1.82, 2.24) is 9.55 Å². The van der Waals surface area contributed by atoms with Crippen LogP contribution >= 0.6 is 11.8 Å². The fourth-order valence-electron chi connectivity index (χ4n) is 2.33. The number of nitro benzene ring substituents is 1. The molecular weight excluding hydrogens is 352 g/mol. The van der Waals surface area contributed by atoms with Crippen LogP contribution in [0.5, 0.6) is 5.75 Å². The van der Waals surface area contributed by atoms with Gasteiger partial charge in [-0.1, -0.05) is 36.0 Å². The molecular formula is C16H13F2N3O3S. The number of ether oxygens (including phenoxy) is 1. The molecule has 0 spiro atoms. The van der Waals surface area contributed by atoms with E-state index in [0.29, 0.717) is 16.8 Å². The first kappa shape index (κ1) is 17.2. The van der Waals surface area contributed by atoms with Gasteiger partial charge in [-0.3, -0.25) is 14.7 Å². The van der Waals surface area contributed by atoms with Gasteiger partial charge in [0.15, 0.2) is 10.9 Å². The van der Waals surface area contributed by atoms with E-state index < -0.39 is 11.5 Å². The monoisotopic (exact) mass is 365 g/mol. The molecule has 0 bridgehead atoms. The fraction of sp³-hybridized carbons (Fsp3) is 0.188. The molecule has 130 valence electrons. The Hall–Kier alpha value is -2.68. The van der Waals surface area contributed by atoms with E-state index in [2.05, 4.69) is 4.98 Å². The lowest BCUT2D eigenvalue weighted by atomic mass is 10.3. The predicted molar refractivity (Wildman–Crippen MR) is 90.3 cm³/mol. The molecule has 3 rings (SSSR count). The summed E-state index contributed by atoms with van der Waals surface area (Å²) < 4.78 is 32.9. The van der Waals surface area contributed by atoms with Crippen LogP contribution in [0.25, 0.3) is 11.0 Å². The average molecular weight is 365 g/mol. The molecule has 0 N–H and O–H groups in total. The van der Waals surface area contributed by atoms with Gasteiger partial charge in [0.25, 0.3) is 0 Å². The minimum absolute atomic E-state index is 0.127. The summed E-state index contributed by atoms with van der Waals surface area (Å²) in [5.74, 6) is 0.470. The molecule has 0 unspecified atom stereocenters. The van der Waals surface area contributed by atoms with Crippen LogP contribution in [-0.4, -0.2) is 26.8 Å². The van der Waals surface area contributed by atoms with Gasteiger partial charge in [-0.05, 0) is 18.2 Å². The second kappa shape index (κ2) is 7.47. The van der Waals surface area contributed by atoms with Gasteiger partial charge in [-0.2, -0.15) is 8.78 Å². The number of thioether (sulfide) groups is 1. The van der Waals surface area contributed by atoms with Gasteiger partial charge in [0.1, 0.15) is 0 Å². The Bertz CT molecular complexity index is 901. The molecule has 6 nitrogen and oxygen atoms in total. The summed E-state index contributed by atoms with van der Waals surface area (Å²) >= 11 is 1.11. The molecule has 9 heteroatoms. The van der Waals surface area contributed by atoms with Crippen molar-refractivity contribution in [2.24, 2.45) is 0 Å². The lowest BCUT2D eigenvalue weighted by molar-refractivity contribution is -0.385. The molecule has 1 aromatic heterocycles. The lowest BCUT2D eigenvalue weighted by Gasteiger charge is -2.08. The third-order valence-electron chi connectivity index (χ3n) is 3.39. The van der Waals surface area contributed by atoms with Crippen LogP contribution in [0.4, 0.5) is 14.5 Å². The highest BCUT2D eigenvalue weighted by molar-refractivity contribution is 7.99. The maximum atomic E-state index is 13.3. The van der Waals surface area contributed by atoms with Crippen molar-refractivity contribution in [1.29, 1.82) is 0 Å². The number of benzene rings is 2. The summed E-state index contributed by atoms with van der Waals surface area (Å²) in [6, 6.07) is 12.7. The van der Waals surface area contributed by atoms with Crippen molar-refractivity contribution < 1.29 is 18.4 Å². The molecule has 0 fully saturated rings. The van der Waals surface area contributed by atoms with E-state index in [-0.39, 0.29) is 23.2 Å². The second-order valence-electron chi connectivity index (χ2n) is 4.95. The number of alkyl halides is 2. The Kier molecular flexibility index (Phi) is 5.13. The molecule has 3 aromatic rings. The number of hydrogen-bond acceptors (Lipinski definition) is 5. The molecule has 0 aliphatic heterocycles. The quantitative estimate of drug-likeness (QED) is 0.267. The molecule has 2 aromatic carbocycles. The van der Waals surface area contributed by atoms with Crippen molar-refractivity contribution in [2.75, 3.05) is 12.4 Å². The van der Waals surface area contributed by atoms with E-state index in [9.17, 15) is 18.9 Å². The maximum absolute atomic E-state index is 13.3. The summed E-state index contributed by atoms with van der Waals surface area (Å²) in [5.41, 5.74) is 0.719. The number of halogens is 2. The van der Waals surface area contributed by atoms with Crippen LogP contribution in [0.15, 0.2) is 53.7 Å². The first-order valence-electron chi connectivity index (χ1n) is 7.32. The smallest absolute Gasteiger partial charge is 0.321 e. The van der Waals surface area contributed by atoms with Crippen LogP contribution in [0, 0.1) is 10.1 Å². The van der Waals surface area contributed by atoms with Gasteiger partial charge in [0, 0.05) is 11.8 Å². The maximum Gasteiger partial charge on any atom is 0.321 e. The summed E-state index contributed by atoms with van der Waals surface area (Å²) in [6.07, 6.45) is 0. The summed E-state index contributed by atoms with van der Waals surface area (Å²) in [5, 5.41) is 11.1. The van der Waals surface area contributed by atoms with Crippen molar-refractivity contribution in [3.63, 3.8) is 0 Å². The van der Waals surface area contributed by atoms with Gasteiger partial charge in [0.2, 0.25) is 0 Å². The number of para-hydroxylation sites is 4. The third kappa shape index (κ3) is 3.71. The van der Waals surface area contributed by atoms with E-state index in [1.807, 2.05) is 0 Å². The van der Waals surface area contributed by atoms with Crippen LogP contribution in [0.3, 0.4) is 0 Å². The Labute approximate surface area is 145 Å². The minimum atomic E-state index is -2.70. The number of aromatic nitrogens is 2.